The second kappa shape index (κ2) is 6.90. The molecule has 0 spiro atoms. The molecule has 3 fully saturated rings. The summed E-state index contributed by atoms with van der Waals surface area (Å²) < 4.78 is 16.8. The minimum Gasteiger partial charge on any atom is -0.412 e. The van der Waals surface area contributed by atoms with Crippen LogP contribution in [0.4, 0.5) is 0 Å². The number of Topliss-reactive ketones (excluding diaryl/α,β-unsaturated/α-hetero) is 1. The molecule has 2 heterocycles. The van der Waals surface area contributed by atoms with Crippen LogP contribution in [-0.2, 0) is 19.0 Å². The molecular weight excluding hydrogens is 324 g/mol. The van der Waals surface area contributed by atoms with E-state index in [4.69, 9.17) is 14.2 Å². The largest absolute Gasteiger partial charge is 0.412 e. The van der Waals surface area contributed by atoms with E-state index in [0.29, 0.717) is 0 Å². The highest BCUT2D eigenvalue weighted by atomic mass is 16.8. The van der Waals surface area contributed by atoms with E-state index in [9.17, 15) is 20.1 Å². The Kier molecular flexibility index (Phi) is 5.65. The van der Waals surface area contributed by atoms with Gasteiger partial charge in [0.25, 0.3) is 5.79 Å². The summed E-state index contributed by atoms with van der Waals surface area (Å²) in [5, 5.41) is 37.2. The van der Waals surface area contributed by atoms with Crippen molar-refractivity contribution in [1.29, 1.82) is 0 Å². The number of carbonyl (C=O) groups excluding carboxylic acids is 1. The van der Waals surface area contributed by atoms with Crippen molar-refractivity contribution in [1.82, 2.24) is 10.6 Å². The van der Waals surface area contributed by atoms with E-state index in [0.717, 1.165) is 0 Å². The van der Waals surface area contributed by atoms with Crippen LogP contribution in [0.1, 0.15) is 13.3 Å². The number of aliphatic hydroxyl groups excluding tert-OH is 2. The Balaban J connectivity index is 0.00000208. The van der Waals surface area contributed by atoms with Crippen molar-refractivity contribution in [2.24, 2.45) is 0 Å². The number of hydrogen-bond acceptors (Lipinski definition) is 9. The first-order valence-electron chi connectivity index (χ1n) is 7.78. The van der Waals surface area contributed by atoms with Crippen molar-refractivity contribution in [3.05, 3.63) is 0 Å². The molecule has 7 N–H and O–H groups in total. The van der Waals surface area contributed by atoms with E-state index in [1.54, 1.807) is 21.0 Å². The molecule has 3 rings (SSSR count). The van der Waals surface area contributed by atoms with Gasteiger partial charge in [-0.2, -0.15) is 0 Å². The monoisotopic (exact) mass is 350 g/mol. The lowest BCUT2D eigenvalue weighted by atomic mass is 9.80. The van der Waals surface area contributed by atoms with Crippen molar-refractivity contribution in [3.8, 4) is 0 Å². The predicted molar refractivity (Wildman–Crippen MR) is 80.0 cm³/mol. The van der Waals surface area contributed by atoms with Crippen LogP contribution in [0.15, 0.2) is 0 Å². The molecular formula is C14H26N2O8. The Bertz CT molecular complexity index is 480. The number of hydrogen-bond donors (Lipinski definition) is 5. The summed E-state index contributed by atoms with van der Waals surface area (Å²) in [6.45, 7) is 1.70. The number of likely N-dealkylation sites (N-methyl/N-ethyl adjacent to an activating group) is 2. The SMILES string of the molecule is CN[C@H]1[C@@H](O)[C@H](NC)C2O[C@@]3(O)C(=O)C[C@@H](C)O[C@H]3OC2[C@H]1O.O. The fourth-order valence-electron chi connectivity index (χ4n) is 3.68. The molecule has 140 valence electrons. The fourth-order valence-corrected chi connectivity index (χ4v) is 3.68. The average Bonchev–Trinajstić information content (AvgIpc) is 2.49. The van der Waals surface area contributed by atoms with Crippen LogP contribution in [0.3, 0.4) is 0 Å². The molecule has 10 nitrogen and oxygen atoms in total. The summed E-state index contributed by atoms with van der Waals surface area (Å²) in [6.07, 6.45) is -5.58. The zero-order valence-electron chi connectivity index (χ0n) is 13.8. The molecule has 1 saturated carbocycles. The molecule has 0 amide bonds. The summed E-state index contributed by atoms with van der Waals surface area (Å²) in [7, 11) is 3.24. The van der Waals surface area contributed by atoms with E-state index in [-0.39, 0.29) is 11.9 Å². The highest BCUT2D eigenvalue weighted by Crippen LogP contribution is 2.40. The Hall–Kier alpha value is -0.690. The van der Waals surface area contributed by atoms with Gasteiger partial charge in [0.05, 0.1) is 24.3 Å². The molecule has 2 saturated heterocycles. The molecule has 24 heavy (non-hydrogen) atoms. The lowest BCUT2D eigenvalue weighted by Gasteiger charge is -2.55. The van der Waals surface area contributed by atoms with Crippen molar-refractivity contribution in [2.75, 3.05) is 14.1 Å². The van der Waals surface area contributed by atoms with Gasteiger partial charge < -0.3 is 45.6 Å². The molecule has 3 aliphatic rings. The van der Waals surface area contributed by atoms with E-state index < -0.39 is 60.5 Å². The van der Waals surface area contributed by atoms with Crippen LogP contribution in [0.5, 0.6) is 0 Å². The van der Waals surface area contributed by atoms with Gasteiger partial charge in [-0.05, 0) is 21.0 Å². The van der Waals surface area contributed by atoms with Gasteiger partial charge in [-0.25, -0.2) is 0 Å². The second-order valence-corrected chi connectivity index (χ2v) is 6.40. The van der Waals surface area contributed by atoms with Crippen molar-refractivity contribution in [2.45, 2.75) is 68.0 Å². The number of aliphatic hydroxyl groups is 3. The summed E-state index contributed by atoms with van der Waals surface area (Å²) in [4.78, 5) is 12.2. The molecule has 2 unspecified atom stereocenters. The maximum absolute atomic E-state index is 12.2. The Morgan fingerprint density at radius 2 is 1.71 bits per heavy atom. The zero-order chi connectivity index (χ0) is 16.9. The standard InChI is InChI=1S/C14H24N2O7.H2O/c1-5-4-6(17)14(20)13(21-5)22-12-10(19)7(15-2)9(18)8(16-3)11(12)23-14;/h5,7-13,15-16,18-20H,4H2,1-3H3;1H2/t5-,7+,8+,9-,10+,11?,12?,13+,14+;/m1./s1. The van der Waals surface area contributed by atoms with Crippen LogP contribution in [0.2, 0.25) is 0 Å². The first-order valence-corrected chi connectivity index (χ1v) is 7.78. The van der Waals surface area contributed by atoms with Gasteiger partial charge in [-0.15, -0.1) is 0 Å². The van der Waals surface area contributed by atoms with Gasteiger partial charge in [0.2, 0.25) is 6.29 Å². The Morgan fingerprint density at radius 3 is 2.29 bits per heavy atom. The van der Waals surface area contributed by atoms with Gasteiger partial charge in [0, 0.05) is 6.42 Å². The summed E-state index contributed by atoms with van der Waals surface area (Å²) in [5.41, 5.74) is 0. The number of rotatable bonds is 2. The Morgan fingerprint density at radius 1 is 1.08 bits per heavy atom. The van der Waals surface area contributed by atoms with Gasteiger partial charge in [0.1, 0.15) is 18.3 Å². The minimum atomic E-state index is -2.23. The number of nitrogens with one attached hydrogen (secondary N) is 2. The summed E-state index contributed by atoms with van der Waals surface area (Å²) in [6, 6.07) is -1.29. The molecule has 10 heteroatoms. The molecule has 0 bridgehead atoms. The minimum absolute atomic E-state index is 0. The second-order valence-electron chi connectivity index (χ2n) is 6.40. The molecule has 1 aliphatic carbocycles. The number of carbonyl (C=O) groups is 1. The quantitative estimate of drug-likeness (QED) is 0.337. The van der Waals surface area contributed by atoms with Gasteiger partial charge >= 0.3 is 0 Å². The smallest absolute Gasteiger partial charge is 0.280 e. The lowest BCUT2D eigenvalue weighted by molar-refractivity contribution is -0.420. The van der Waals surface area contributed by atoms with Crippen LogP contribution in [0.25, 0.3) is 0 Å². The van der Waals surface area contributed by atoms with Crippen molar-refractivity contribution < 1.29 is 39.8 Å². The van der Waals surface area contributed by atoms with E-state index in [1.165, 1.54) is 0 Å². The maximum Gasteiger partial charge on any atom is 0.280 e. The van der Waals surface area contributed by atoms with Crippen LogP contribution in [0, 0.1) is 0 Å². The Labute approximate surface area is 139 Å². The third-order valence-corrected chi connectivity index (χ3v) is 4.93. The maximum atomic E-state index is 12.2. The normalized spacial score (nSPS) is 51.3. The van der Waals surface area contributed by atoms with Crippen molar-refractivity contribution in [3.63, 3.8) is 0 Å². The predicted octanol–water partition coefficient (Wildman–Crippen LogP) is -3.75. The fraction of sp³-hybridized carbons (Fsp3) is 0.929. The van der Waals surface area contributed by atoms with Gasteiger partial charge in [-0.1, -0.05) is 0 Å². The zero-order valence-corrected chi connectivity index (χ0v) is 13.8. The van der Waals surface area contributed by atoms with E-state index in [1.807, 2.05) is 0 Å². The number of ketones is 1. The molecule has 2 aliphatic heterocycles. The van der Waals surface area contributed by atoms with Crippen LogP contribution in [-0.4, -0.2) is 95.4 Å². The van der Waals surface area contributed by atoms with Crippen LogP contribution >= 0.6 is 0 Å². The van der Waals surface area contributed by atoms with E-state index in [2.05, 4.69) is 10.6 Å². The first-order chi connectivity index (χ1) is 10.8. The third kappa shape index (κ3) is 2.77. The summed E-state index contributed by atoms with van der Waals surface area (Å²) in [5.74, 6) is -2.76. The average molecular weight is 350 g/mol. The molecule has 0 aromatic heterocycles. The topological polar surface area (TPSA) is 161 Å². The van der Waals surface area contributed by atoms with E-state index >= 15 is 0 Å². The molecule has 0 radical (unpaired) electrons. The highest BCUT2D eigenvalue weighted by molar-refractivity contribution is 5.87. The lowest BCUT2D eigenvalue weighted by Crippen LogP contribution is -2.77. The van der Waals surface area contributed by atoms with Crippen LogP contribution < -0.4 is 10.6 Å². The summed E-state index contributed by atoms with van der Waals surface area (Å²) >= 11 is 0. The highest BCUT2D eigenvalue weighted by Gasteiger charge is 2.63. The molecule has 0 aromatic rings. The third-order valence-electron chi connectivity index (χ3n) is 4.93. The van der Waals surface area contributed by atoms with Crippen molar-refractivity contribution >= 4 is 5.78 Å². The van der Waals surface area contributed by atoms with Gasteiger partial charge in [-0.3, -0.25) is 4.79 Å². The van der Waals surface area contributed by atoms with Gasteiger partial charge in [0.15, 0.2) is 5.78 Å². The number of ether oxygens (including phenoxy) is 3. The first kappa shape index (κ1) is 19.6. The molecule has 9 atom stereocenters. The number of fused-ring (bicyclic) bond motifs is 2. The molecule has 0 aromatic carbocycles.